The second-order valence-corrected chi connectivity index (χ2v) is 10.9. The van der Waals surface area contributed by atoms with E-state index in [0.29, 0.717) is 12.6 Å². The maximum atomic E-state index is 10.5. The van der Waals surface area contributed by atoms with E-state index in [1.54, 1.807) is 0 Å². The average Bonchev–Trinajstić information content (AvgIpc) is 3.29. The predicted molar refractivity (Wildman–Crippen MR) is 152 cm³/mol. The molecule has 5 rings (SSSR count). The third kappa shape index (κ3) is 8.17. The Kier molecular flexibility index (Phi) is 9.50. The molecule has 2 aromatic heterocycles. The molecule has 2 aromatic carbocycles. The van der Waals surface area contributed by atoms with Gasteiger partial charge in [0.25, 0.3) is 0 Å². The van der Waals surface area contributed by atoms with Crippen molar-refractivity contribution in [2.24, 2.45) is 0 Å². The maximum Gasteiger partial charge on any atom is 0.430 e. The molecule has 0 spiro atoms. The summed E-state index contributed by atoms with van der Waals surface area (Å²) in [5, 5.41) is 24.8. The Labute approximate surface area is 246 Å². The Hall–Kier alpha value is -4.30. The number of rotatable bonds is 7. The van der Waals surface area contributed by atoms with Crippen molar-refractivity contribution in [2.75, 3.05) is 58.7 Å². The molecular weight excluding hydrogens is 567 g/mol. The van der Waals surface area contributed by atoms with Gasteiger partial charge in [-0.15, -0.1) is 10.2 Å². The number of carbonyl (C=O) groups is 1. The lowest BCUT2D eigenvalue weighted by atomic mass is 10.0. The summed E-state index contributed by atoms with van der Waals surface area (Å²) in [6.45, 7) is 12.2. The standard InChI is InChI=1S/C27H34N7O2.C2HF3O2/c1-18-16-21(25-19(2)32-36-20(25)3)17-24-26(18)29-27(31-30-24)28-22-6-8-23(9-7-22)35-15-14-34(5)12-10-33(4)11-13-34;3-2(4,5)1(6)7/h6-9,16-17H,10-15H2,1-5H3,(H,28,29,31);(H,6,7)/q+1;/p-1. The summed E-state index contributed by atoms with van der Waals surface area (Å²) in [6.07, 6.45) is -5.19. The molecule has 4 aromatic rings. The van der Waals surface area contributed by atoms with Crippen molar-refractivity contribution in [2.45, 2.75) is 26.9 Å². The van der Waals surface area contributed by atoms with Crippen LogP contribution in [0.2, 0.25) is 0 Å². The van der Waals surface area contributed by atoms with E-state index in [4.69, 9.17) is 24.1 Å². The SMILES string of the molecule is Cc1noc(C)c1-c1cc(C)c2nc(Nc3ccc(OCC[N+]4(C)CCN(C)CC4)cc3)nnc2c1.O=C([O-])C(F)(F)F. The van der Waals surface area contributed by atoms with Crippen LogP contribution in [0.1, 0.15) is 17.0 Å². The lowest BCUT2D eigenvalue weighted by Gasteiger charge is -2.40. The van der Waals surface area contributed by atoms with Crippen LogP contribution in [0.5, 0.6) is 5.75 Å². The van der Waals surface area contributed by atoms with Crippen LogP contribution in [0.4, 0.5) is 24.8 Å². The van der Waals surface area contributed by atoms with Gasteiger partial charge in [0.15, 0.2) is 0 Å². The second-order valence-electron chi connectivity index (χ2n) is 10.9. The molecule has 1 N–H and O–H groups in total. The number of aryl methyl sites for hydroxylation is 3. The van der Waals surface area contributed by atoms with Gasteiger partial charge in [-0.1, -0.05) is 5.16 Å². The van der Waals surface area contributed by atoms with Crippen molar-refractivity contribution in [3.05, 3.63) is 53.4 Å². The van der Waals surface area contributed by atoms with E-state index < -0.39 is 12.1 Å². The van der Waals surface area contributed by atoms with Crippen molar-refractivity contribution in [1.29, 1.82) is 0 Å². The molecule has 0 atom stereocenters. The number of nitrogens with zero attached hydrogens (tertiary/aromatic N) is 6. The van der Waals surface area contributed by atoms with E-state index in [1.807, 2.05) is 51.1 Å². The first-order valence-electron chi connectivity index (χ1n) is 13.6. The number of quaternary nitrogens is 1. The monoisotopic (exact) mass is 601 g/mol. The van der Waals surface area contributed by atoms with E-state index in [9.17, 15) is 13.2 Å². The number of aliphatic carboxylic acids is 1. The number of aromatic nitrogens is 4. The quantitative estimate of drug-likeness (QED) is 0.315. The van der Waals surface area contributed by atoms with Crippen molar-refractivity contribution in [1.82, 2.24) is 25.2 Å². The highest BCUT2D eigenvalue weighted by atomic mass is 19.4. The van der Waals surface area contributed by atoms with Gasteiger partial charge in [0.2, 0.25) is 5.95 Å². The van der Waals surface area contributed by atoms with Crippen molar-refractivity contribution >= 4 is 28.6 Å². The number of carbonyl (C=O) groups excluding carboxylic acids is 1. The highest BCUT2D eigenvalue weighted by Gasteiger charge is 2.29. The molecule has 14 heteroatoms. The molecule has 1 aliphatic rings. The minimum atomic E-state index is -5.19. The number of carboxylic acids is 1. The van der Waals surface area contributed by atoms with Crippen LogP contribution in [0.3, 0.4) is 0 Å². The van der Waals surface area contributed by atoms with Crippen LogP contribution in [-0.2, 0) is 4.79 Å². The molecular formula is C29H34F3N7O4. The Balaban J connectivity index is 0.000000541. The zero-order chi connectivity index (χ0) is 31.4. The fraction of sp³-hybridized carbons (Fsp3) is 0.414. The summed E-state index contributed by atoms with van der Waals surface area (Å²) in [6, 6.07) is 12.0. The largest absolute Gasteiger partial charge is 0.542 e. The van der Waals surface area contributed by atoms with Gasteiger partial charge in [-0.05, 0) is 75.3 Å². The molecule has 3 heterocycles. The zero-order valence-corrected chi connectivity index (χ0v) is 24.7. The molecule has 0 radical (unpaired) electrons. The topological polar surface area (TPSA) is 129 Å². The van der Waals surface area contributed by atoms with E-state index >= 15 is 0 Å². The number of hydrogen-bond acceptors (Lipinski definition) is 10. The molecule has 0 unspecified atom stereocenters. The van der Waals surface area contributed by atoms with Crippen molar-refractivity contribution in [3.63, 3.8) is 0 Å². The zero-order valence-electron chi connectivity index (χ0n) is 24.7. The van der Waals surface area contributed by atoms with E-state index in [0.717, 1.165) is 74.7 Å². The number of nitrogens with one attached hydrogen (secondary N) is 1. The molecule has 1 saturated heterocycles. The molecule has 1 aliphatic heterocycles. The van der Waals surface area contributed by atoms with Crippen LogP contribution >= 0.6 is 0 Å². The maximum absolute atomic E-state index is 10.5. The molecule has 11 nitrogen and oxygen atoms in total. The third-order valence-corrected chi connectivity index (χ3v) is 7.36. The Morgan fingerprint density at radius 2 is 1.77 bits per heavy atom. The second kappa shape index (κ2) is 12.9. The average molecular weight is 602 g/mol. The first-order valence-corrected chi connectivity index (χ1v) is 13.6. The number of alkyl halides is 3. The first-order chi connectivity index (χ1) is 20.2. The minimum absolute atomic E-state index is 0.455. The van der Waals surface area contributed by atoms with Gasteiger partial charge < -0.3 is 29.0 Å². The number of fused-ring (bicyclic) bond motifs is 1. The summed E-state index contributed by atoms with van der Waals surface area (Å²) in [4.78, 5) is 15.9. The number of piperazine rings is 1. The Morgan fingerprint density at radius 1 is 1.12 bits per heavy atom. The van der Waals surface area contributed by atoms with Crippen LogP contribution in [0.25, 0.3) is 22.2 Å². The van der Waals surface area contributed by atoms with Gasteiger partial charge in [-0.2, -0.15) is 13.2 Å². The predicted octanol–water partition coefficient (Wildman–Crippen LogP) is 3.42. The van der Waals surface area contributed by atoms with E-state index in [2.05, 4.69) is 45.7 Å². The van der Waals surface area contributed by atoms with Gasteiger partial charge in [0, 0.05) is 24.3 Å². The highest BCUT2D eigenvalue weighted by molar-refractivity contribution is 5.85. The molecule has 0 bridgehead atoms. The Morgan fingerprint density at radius 3 is 2.35 bits per heavy atom. The number of anilines is 2. The summed E-state index contributed by atoms with van der Waals surface area (Å²) in [7, 11) is 4.51. The normalized spacial score (nSPS) is 15.1. The summed E-state index contributed by atoms with van der Waals surface area (Å²) in [5.74, 6) is -0.904. The minimum Gasteiger partial charge on any atom is -0.542 e. The molecule has 0 saturated carbocycles. The Bertz CT molecular complexity index is 1550. The van der Waals surface area contributed by atoms with Gasteiger partial charge in [0.05, 0.1) is 31.3 Å². The van der Waals surface area contributed by atoms with Crippen LogP contribution in [0.15, 0.2) is 40.9 Å². The van der Waals surface area contributed by atoms with Gasteiger partial charge in [-0.25, -0.2) is 4.98 Å². The van der Waals surface area contributed by atoms with E-state index in [1.165, 1.54) is 13.1 Å². The van der Waals surface area contributed by atoms with Crippen molar-refractivity contribution in [3.8, 4) is 16.9 Å². The summed E-state index contributed by atoms with van der Waals surface area (Å²) >= 11 is 0. The van der Waals surface area contributed by atoms with Gasteiger partial charge >= 0.3 is 6.18 Å². The number of benzene rings is 2. The summed E-state index contributed by atoms with van der Waals surface area (Å²) in [5.41, 5.74) is 6.29. The molecule has 230 valence electrons. The van der Waals surface area contributed by atoms with Crippen LogP contribution in [0, 0.1) is 20.8 Å². The van der Waals surface area contributed by atoms with E-state index in [-0.39, 0.29) is 0 Å². The fourth-order valence-corrected chi connectivity index (χ4v) is 4.72. The van der Waals surface area contributed by atoms with Crippen LogP contribution in [-0.4, -0.2) is 95.3 Å². The summed E-state index contributed by atoms with van der Waals surface area (Å²) < 4.78 is 44.0. The smallest absolute Gasteiger partial charge is 0.430 e. The molecule has 43 heavy (non-hydrogen) atoms. The van der Waals surface area contributed by atoms with Crippen molar-refractivity contribution < 1.29 is 36.8 Å². The van der Waals surface area contributed by atoms with Crippen LogP contribution < -0.4 is 15.2 Å². The van der Waals surface area contributed by atoms with Gasteiger partial charge in [0.1, 0.15) is 36.1 Å². The molecule has 0 amide bonds. The fourth-order valence-electron chi connectivity index (χ4n) is 4.72. The number of ether oxygens (including phenoxy) is 1. The lowest BCUT2D eigenvalue weighted by Crippen LogP contribution is -2.57. The van der Waals surface area contributed by atoms with Gasteiger partial charge in [-0.3, -0.25) is 4.90 Å². The highest BCUT2D eigenvalue weighted by Crippen LogP contribution is 2.31. The number of carboxylic acid groups (broad SMARTS) is 1. The number of halogens is 3. The first kappa shape index (κ1) is 31.6. The number of hydrogen-bond donors (Lipinski definition) is 1. The molecule has 0 aliphatic carbocycles. The molecule has 1 fully saturated rings. The number of likely N-dealkylation sites (N-methyl/N-ethyl adjacent to an activating group) is 2. The lowest BCUT2D eigenvalue weighted by molar-refractivity contribution is -0.913. The third-order valence-electron chi connectivity index (χ3n) is 7.36.